The van der Waals surface area contributed by atoms with Gasteiger partial charge in [-0.1, -0.05) is 30.3 Å². The normalized spacial score (nSPS) is 11.0. The first-order valence-corrected chi connectivity index (χ1v) is 8.62. The molecule has 3 rings (SSSR count). The number of rotatable bonds is 4. The maximum absolute atomic E-state index is 15.0. The van der Waals surface area contributed by atoms with Crippen molar-refractivity contribution >= 4 is 34.2 Å². The molecule has 0 spiro atoms. The van der Waals surface area contributed by atoms with Crippen molar-refractivity contribution in [1.82, 2.24) is 4.98 Å². The third-order valence-corrected chi connectivity index (χ3v) is 4.63. The summed E-state index contributed by atoms with van der Waals surface area (Å²) in [4.78, 5) is 17.8. The molecule has 0 bridgehead atoms. The van der Waals surface area contributed by atoms with Crippen LogP contribution >= 0.6 is 11.6 Å². The molecule has 0 unspecified atom stereocenters. The summed E-state index contributed by atoms with van der Waals surface area (Å²) >= 11 is 5.72. The minimum absolute atomic E-state index is 0.144. The second-order valence-corrected chi connectivity index (χ2v) is 6.31. The van der Waals surface area contributed by atoms with Crippen LogP contribution in [0.1, 0.15) is 16.7 Å². The van der Waals surface area contributed by atoms with Crippen molar-refractivity contribution in [3.8, 4) is 0 Å². The zero-order valence-electron chi connectivity index (χ0n) is 14.4. The topological polar surface area (TPSA) is 33.2 Å². The van der Waals surface area contributed by atoms with Crippen molar-refractivity contribution in [2.45, 2.75) is 20.4 Å². The Morgan fingerprint density at radius 3 is 2.54 bits per heavy atom. The van der Waals surface area contributed by atoms with E-state index in [-0.39, 0.29) is 18.2 Å². The van der Waals surface area contributed by atoms with Gasteiger partial charge in [-0.05, 0) is 37.1 Å². The quantitative estimate of drug-likeness (QED) is 0.608. The number of alkyl halides is 1. The molecule has 0 saturated heterocycles. The number of halogens is 3. The van der Waals surface area contributed by atoms with Gasteiger partial charge in [0.25, 0.3) is 0 Å². The van der Waals surface area contributed by atoms with Gasteiger partial charge in [-0.15, -0.1) is 11.6 Å². The minimum atomic E-state index is -0.615. The van der Waals surface area contributed by atoms with Crippen LogP contribution in [0.5, 0.6) is 0 Å². The Kier molecular flexibility index (Phi) is 5.18. The number of benzene rings is 2. The molecule has 0 aliphatic heterocycles. The number of hydrogen-bond acceptors (Lipinski definition) is 2. The van der Waals surface area contributed by atoms with Crippen molar-refractivity contribution in [3.05, 3.63) is 70.8 Å². The lowest BCUT2D eigenvalue weighted by molar-refractivity contribution is -0.116. The van der Waals surface area contributed by atoms with Crippen LogP contribution in [0.4, 0.5) is 14.6 Å². The monoisotopic (exact) mass is 374 g/mol. The van der Waals surface area contributed by atoms with Crippen LogP contribution in [-0.2, 0) is 11.3 Å². The molecule has 0 atom stereocenters. The Labute approximate surface area is 155 Å². The van der Waals surface area contributed by atoms with Gasteiger partial charge in [0.2, 0.25) is 5.91 Å². The maximum Gasteiger partial charge on any atom is 0.243 e. The van der Waals surface area contributed by atoms with Crippen molar-refractivity contribution in [2.75, 3.05) is 10.8 Å². The van der Waals surface area contributed by atoms with Crippen LogP contribution in [-0.4, -0.2) is 16.8 Å². The predicted octanol–water partition coefficient (Wildman–Crippen LogP) is 4.90. The molecule has 0 aliphatic rings. The first-order chi connectivity index (χ1) is 12.4. The molecule has 0 aliphatic carbocycles. The molecule has 1 amide bonds. The number of fused-ring (bicyclic) bond motifs is 1. The Hall–Kier alpha value is -2.53. The summed E-state index contributed by atoms with van der Waals surface area (Å²) in [5, 5.41) is 0.661. The fraction of sp³-hybridized carbons (Fsp3) is 0.200. The highest BCUT2D eigenvalue weighted by molar-refractivity contribution is 6.29. The highest BCUT2D eigenvalue weighted by Crippen LogP contribution is 2.29. The molecule has 1 heterocycles. The van der Waals surface area contributed by atoms with Crippen molar-refractivity contribution in [1.29, 1.82) is 0 Å². The first kappa shape index (κ1) is 18.3. The lowest BCUT2D eigenvalue weighted by atomic mass is 10.1. The fourth-order valence-electron chi connectivity index (χ4n) is 2.89. The van der Waals surface area contributed by atoms with Crippen LogP contribution in [0.25, 0.3) is 10.9 Å². The predicted molar refractivity (Wildman–Crippen MR) is 99.5 cm³/mol. The molecule has 3 nitrogen and oxygen atoms in total. The van der Waals surface area contributed by atoms with E-state index in [9.17, 15) is 13.6 Å². The van der Waals surface area contributed by atoms with E-state index in [2.05, 4.69) is 4.98 Å². The van der Waals surface area contributed by atoms with E-state index in [1.54, 1.807) is 50.2 Å². The summed E-state index contributed by atoms with van der Waals surface area (Å²) in [6.07, 6.45) is 0. The molecule has 0 fully saturated rings. The van der Waals surface area contributed by atoms with Gasteiger partial charge in [0.15, 0.2) is 11.6 Å². The number of hydrogen-bond donors (Lipinski definition) is 0. The number of carbonyl (C=O) groups is 1. The molecular weight excluding hydrogens is 358 g/mol. The van der Waals surface area contributed by atoms with Crippen LogP contribution in [0.2, 0.25) is 0 Å². The molecule has 26 heavy (non-hydrogen) atoms. The van der Waals surface area contributed by atoms with Crippen molar-refractivity contribution < 1.29 is 13.6 Å². The summed E-state index contributed by atoms with van der Waals surface area (Å²) in [7, 11) is 0. The van der Waals surface area contributed by atoms with E-state index in [0.717, 1.165) is 4.90 Å². The van der Waals surface area contributed by atoms with E-state index in [1.807, 2.05) is 0 Å². The Morgan fingerprint density at radius 1 is 1.12 bits per heavy atom. The molecule has 0 radical (unpaired) electrons. The molecule has 3 aromatic rings. The highest BCUT2D eigenvalue weighted by Gasteiger charge is 2.24. The van der Waals surface area contributed by atoms with Crippen molar-refractivity contribution in [3.63, 3.8) is 0 Å². The molecule has 0 N–H and O–H groups in total. The van der Waals surface area contributed by atoms with E-state index in [4.69, 9.17) is 11.6 Å². The van der Waals surface area contributed by atoms with Crippen molar-refractivity contribution in [2.24, 2.45) is 0 Å². The second-order valence-electron chi connectivity index (χ2n) is 6.04. The number of para-hydroxylation sites is 1. The van der Waals surface area contributed by atoms with E-state index < -0.39 is 17.5 Å². The molecule has 0 saturated carbocycles. The smallest absolute Gasteiger partial charge is 0.243 e. The number of aromatic nitrogens is 1. The van der Waals surface area contributed by atoms with Crippen LogP contribution in [0.3, 0.4) is 0 Å². The number of pyridine rings is 1. The fourth-order valence-corrected chi connectivity index (χ4v) is 3.04. The summed E-state index contributed by atoms with van der Waals surface area (Å²) < 4.78 is 29.2. The Balaban J connectivity index is 2.16. The van der Waals surface area contributed by atoms with E-state index in [0.29, 0.717) is 27.6 Å². The third-order valence-electron chi connectivity index (χ3n) is 4.40. The molecule has 134 valence electrons. The SMILES string of the molecule is Cc1cccc(F)c1CN(C(=O)CCl)c1nc2ccccc2c(C)c1F. The standard InChI is InChI=1S/C20H17ClF2N2O/c1-12-6-5-8-16(22)15(12)11-25(18(26)10-21)20-19(23)13(2)14-7-3-4-9-17(14)24-20/h3-9H,10-11H2,1-2H3. The van der Waals surface area contributed by atoms with Crippen LogP contribution in [0.15, 0.2) is 42.5 Å². The van der Waals surface area contributed by atoms with Gasteiger partial charge in [0.1, 0.15) is 11.7 Å². The van der Waals surface area contributed by atoms with Gasteiger partial charge in [0, 0.05) is 10.9 Å². The number of amides is 1. The molecule has 2 aromatic carbocycles. The summed E-state index contributed by atoms with van der Waals surface area (Å²) in [5.41, 5.74) is 1.90. The van der Waals surface area contributed by atoms with Gasteiger partial charge < -0.3 is 0 Å². The summed E-state index contributed by atoms with van der Waals surface area (Å²) in [5.74, 6) is -2.13. The van der Waals surface area contributed by atoms with Gasteiger partial charge in [-0.2, -0.15) is 0 Å². The van der Waals surface area contributed by atoms with Gasteiger partial charge in [-0.3, -0.25) is 9.69 Å². The number of anilines is 1. The summed E-state index contributed by atoms with van der Waals surface area (Å²) in [6.45, 7) is 3.21. The average molecular weight is 375 g/mol. The second kappa shape index (κ2) is 7.38. The van der Waals surface area contributed by atoms with E-state index in [1.165, 1.54) is 6.07 Å². The largest absolute Gasteiger partial charge is 0.289 e. The first-order valence-electron chi connectivity index (χ1n) is 8.09. The zero-order chi connectivity index (χ0) is 18.8. The van der Waals surface area contributed by atoms with Crippen LogP contribution in [0, 0.1) is 25.5 Å². The molecule has 1 aromatic heterocycles. The third kappa shape index (κ3) is 3.27. The Bertz CT molecular complexity index is 971. The lowest BCUT2D eigenvalue weighted by Gasteiger charge is -2.24. The number of aryl methyl sites for hydroxylation is 2. The van der Waals surface area contributed by atoms with Gasteiger partial charge in [0.05, 0.1) is 12.1 Å². The molecular formula is C20H17ClF2N2O. The van der Waals surface area contributed by atoms with Gasteiger partial charge >= 0.3 is 0 Å². The number of nitrogens with zero attached hydrogens (tertiary/aromatic N) is 2. The maximum atomic E-state index is 15.0. The molecule has 6 heteroatoms. The highest BCUT2D eigenvalue weighted by atomic mass is 35.5. The summed E-state index contributed by atoms with van der Waals surface area (Å²) in [6, 6.07) is 11.7. The van der Waals surface area contributed by atoms with Gasteiger partial charge in [-0.25, -0.2) is 13.8 Å². The minimum Gasteiger partial charge on any atom is -0.289 e. The average Bonchev–Trinajstić information content (AvgIpc) is 2.64. The van der Waals surface area contributed by atoms with E-state index >= 15 is 0 Å². The van der Waals surface area contributed by atoms with Crippen LogP contribution < -0.4 is 4.90 Å². The zero-order valence-corrected chi connectivity index (χ0v) is 15.1. The Morgan fingerprint density at radius 2 is 1.85 bits per heavy atom. The number of carbonyl (C=O) groups excluding carboxylic acids is 1. The lowest BCUT2D eigenvalue weighted by Crippen LogP contribution is -2.33.